The van der Waals surface area contributed by atoms with E-state index in [1.807, 2.05) is 0 Å². The van der Waals surface area contributed by atoms with Crippen LogP contribution in [0, 0.1) is 17.7 Å². The summed E-state index contributed by atoms with van der Waals surface area (Å²) in [6.07, 6.45) is 5.36. The van der Waals surface area contributed by atoms with Crippen LogP contribution in [0.3, 0.4) is 0 Å². The predicted octanol–water partition coefficient (Wildman–Crippen LogP) is 3.03. The van der Waals surface area contributed by atoms with E-state index in [2.05, 4.69) is 4.90 Å². The molecule has 2 N–H and O–H groups in total. The number of hydrogen-bond donors (Lipinski definition) is 1. The molecule has 0 saturated heterocycles. The Kier molecular flexibility index (Phi) is 3.25. The summed E-state index contributed by atoms with van der Waals surface area (Å²) in [4.78, 5) is 2.41. The molecule has 3 heteroatoms. The minimum absolute atomic E-state index is 0.161. The number of rotatable bonds is 6. The fourth-order valence-electron chi connectivity index (χ4n) is 2.50. The van der Waals surface area contributed by atoms with Crippen LogP contribution in [0.4, 0.5) is 10.1 Å². The zero-order valence-electron chi connectivity index (χ0n) is 10.7. The van der Waals surface area contributed by atoms with Gasteiger partial charge in [-0.25, -0.2) is 4.39 Å². The van der Waals surface area contributed by atoms with Gasteiger partial charge < -0.3 is 5.73 Å². The first kappa shape index (κ1) is 12.0. The summed E-state index contributed by atoms with van der Waals surface area (Å²) in [7, 11) is 0. The van der Waals surface area contributed by atoms with Gasteiger partial charge in [-0.15, -0.1) is 0 Å². The van der Waals surface area contributed by atoms with Crippen LogP contribution in [0.2, 0.25) is 0 Å². The number of anilines is 1. The smallest absolute Gasteiger partial charge is 0.129 e. The van der Waals surface area contributed by atoms with Crippen molar-refractivity contribution in [2.45, 2.75) is 32.2 Å². The molecular weight excluding hydrogens is 227 g/mol. The summed E-state index contributed by atoms with van der Waals surface area (Å²) in [5.74, 6) is 1.53. The molecule has 2 nitrogen and oxygen atoms in total. The van der Waals surface area contributed by atoms with Crippen molar-refractivity contribution in [2.75, 3.05) is 18.8 Å². The monoisotopic (exact) mass is 248 g/mol. The zero-order valence-corrected chi connectivity index (χ0v) is 10.7. The van der Waals surface area contributed by atoms with Gasteiger partial charge in [0.1, 0.15) is 5.82 Å². The summed E-state index contributed by atoms with van der Waals surface area (Å²) in [5, 5.41) is 0. The molecule has 2 fully saturated rings. The molecule has 0 radical (unpaired) electrons. The second-order valence-electron chi connectivity index (χ2n) is 5.89. The van der Waals surface area contributed by atoms with Crippen molar-refractivity contribution in [3.63, 3.8) is 0 Å². The molecule has 2 saturated carbocycles. The minimum Gasteiger partial charge on any atom is -0.398 e. The molecule has 0 aromatic heterocycles. The van der Waals surface area contributed by atoms with Crippen molar-refractivity contribution in [3.8, 4) is 0 Å². The summed E-state index contributed by atoms with van der Waals surface area (Å²) in [5.41, 5.74) is 7.16. The van der Waals surface area contributed by atoms with Crippen LogP contribution in [0.15, 0.2) is 18.2 Å². The maximum atomic E-state index is 13.8. The van der Waals surface area contributed by atoms with Gasteiger partial charge in [0.15, 0.2) is 0 Å². The maximum Gasteiger partial charge on any atom is 0.129 e. The van der Waals surface area contributed by atoms with E-state index in [0.29, 0.717) is 17.8 Å². The van der Waals surface area contributed by atoms with Crippen LogP contribution in [-0.2, 0) is 6.54 Å². The first-order valence-corrected chi connectivity index (χ1v) is 6.97. The lowest BCUT2D eigenvalue weighted by Gasteiger charge is -2.23. The number of nitrogen functional groups attached to an aromatic ring is 1. The Balaban J connectivity index is 1.69. The molecule has 98 valence electrons. The maximum absolute atomic E-state index is 13.8. The Hall–Kier alpha value is -1.09. The average molecular weight is 248 g/mol. The third-order valence-electron chi connectivity index (χ3n) is 3.96. The standard InChI is InChI=1S/C15H21FN2/c16-14-2-1-3-15(17)13(14)10-18(8-11-4-5-11)9-12-6-7-12/h1-3,11-12H,4-10,17H2. The van der Waals surface area contributed by atoms with Gasteiger partial charge in [-0.05, 0) is 49.7 Å². The fourth-order valence-corrected chi connectivity index (χ4v) is 2.50. The van der Waals surface area contributed by atoms with Crippen molar-refractivity contribution in [3.05, 3.63) is 29.6 Å². The molecule has 0 bridgehead atoms. The van der Waals surface area contributed by atoms with E-state index in [4.69, 9.17) is 5.73 Å². The molecule has 0 amide bonds. The van der Waals surface area contributed by atoms with E-state index in [0.717, 1.165) is 24.9 Å². The van der Waals surface area contributed by atoms with E-state index >= 15 is 0 Å². The molecule has 0 spiro atoms. The Bertz CT molecular complexity index is 390. The summed E-state index contributed by atoms with van der Waals surface area (Å²) in [6, 6.07) is 4.99. The van der Waals surface area contributed by atoms with Crippen LogP contribution in [0.25, 0.3) is 0 Å². The molecular formula is C15H21FN2. The van der Waals surface area contributed by atoms with Crippen LogP contribution >= 0.6 is 0 Å². The van der Waals surface area contributed by atoms with Gasteiger partial charge in [-0.1, -0.05) is 6.07 Å². The van der Waals surface area contributed by atoms with E-state index in [1.165, 1.54) is 31.7 Å². The lowest BCUT2D eigenvalue weighted by molar-refractivity contribution is 0.241. The quantitative estimate of drug-likeness (QED) is 0.784. The lowest BCUT2D eigenvalue weighted by atomic mass is 10.1. The highest BCUT2D eigenvalue weighted by Gasteiger charge is 2.29. The highest BCUT2D eigenvalue weighted by molar-refractivity contribution is 5.47. The van der Waals surface area contributed by atoms with Gasteiger partial charge >= 0.3 is 0 Å². The molecule has 18 heavy (non-hydrogen) atoms. The van der Waals surface area contributed by atoms with E-state index < -0.39 is 0 Å². The normalized spacial score (nSPS) is 19.4. The van der Waals surface area contributed by atoms with Crippen molar-refractivity contribution < 1.29 is 4.39 Å². The van der Waals surface area contributed by atoms with Gasteiger partial charge in [0, 0.05) is 30.9 Å². The molecule has 1 aromatic rings. The highest BCUT2D eigenvalue weighted by atomic mass is 19.1. The van der Waals surface area contributed by atoms with Gasteiger partial charge in [-0.2, -0.15) is 0 Å². The largest absolute Gasteiger partial charge is 0.398 e. The van der Waals surface area contributed by atoms with Gasteiger partial charge in [-0.3, -0.25) is 4.90 Å². The van der Waals surface area contributed by atoms with Crippen LogP contribution in [0.5, 0.6) is 0 Å². The third-order valence-corrected chi connectivity index (χ3v) is 3.96. The minimum atomic E-state index is -0.161. The van der Waals surface area contributed by atoms with Crippen molar-refractivity contribution in [1.29, 1.82) is 0 Å². The predicted molar refractivity (Wildman–Crippen MR) is 71.5 cm³/mol. The molecule has 0 atom stereocenters. The molecule has 0 heterocycles. The number of halogens is 1. The van der Waals surface area contributed by atoms with E-state index in [9.17, 15) is 4.39 Å². The SMILES string of the molecule is Nc1cccc(F)c1CN(CC1CC1)CC1CC1. The van der Waals surface area contributed by atoms with Crippen LogP contribution < -0.4 is 5.73 Å². The van der Waals surface area contributed by atoms with Crippen molar-refractivity contribution in [1.82, 2.24) is 4.90 Å². The lowest BCUT2D eigenvalue weighted by Crippen LogP contribution is -2.28. The summed E-state index contributed by atoms with van der Waals surface area (Å²) < 4.78 is 13.8. The number of nitrogens with zero attached hydrogens (tertiary/aromatic N) is 1. The van der Waals surface area contributed by atoms with Crippen LogP contribution in [-0.4, -0.2) is 18.0 Å². The van der Waals surface area contributed by atoms with Gasteiger partial charge in [0.05, 0.1) is 0 Å². The Morgan fingerprint density at radius 2 is 1.72 bits per heavy atom. The van der Waals surface area contributed by atoms with E-state index in [-0.39, 0.29) is 5.82 Å². The first-order chi connectivity index (χ1) is 8.72. The third kappa shape index (κ3) is 3.02. The number of benzene rings is 1. The molecule has 3 rings (SSSR count). The first-order valence-electron chi connectivity index (χ1n) is 6.97. The molecule has 2 aliphatic rings. The van der Waals surface area contributed by atoms with Crippen molar-refractivity contribution >= 4 is 5.69 Å². The molecule has 2 aliphatic carbocycles. The second-order valence-corrected chi connectivity index (χ2v) is 5.89. The molecule has 0 aliphatic heterocycles. The second kappa shape index (κ2) is 4.88. The Morgan fingerprint density at radius 3 is 2.22 bits per heavy atom. The van der Waals surface area contributed by atoms with Gasteiger partial charge in [0.2, 0.25) is 0 Å². The summed E-state index contributed by atoms with van der Waals surface area (Å²) in [6.45, 7) is 2.90. The Labute approximate surface area is 108 Å². The number of hydrogen-bond acceptors (Lipinski definition) is 2. The zero-order chi connectivity index (χ0) is 12.5. The van der Waals surface area contributed by atoms with Gasteiger partial charge in [0.25, 0.3) is 0 Å². The molecule has 1 aromatic carbocycles. The van der Waals surface area contributed by atoms with E-state index in [1.54, 1.807) is 12.1 Å². The highest BCUT2D eigenvalue weighted by Crippen LogP contribution is 2.34. The van der Waals surface area contributed by atoms with Crippen molar-refractivity contribution in [2.24, 2.45) is 11.8 Å². The Morgan fingerprint density at radius 1 is 1.11 bits per heavy atom. The van der Waals surface area contributed by atoms with Crippen LogP contribution in [0.1, 0.15) is 31.2 Å². The topological polar surface area (TPSA) is 29.3 Å². The summed E-state index contributed by atoms with van der Waals surface area (Å²) >= 11 is 0. The molecule has 0 unspecified atom stereocenters. The number of nitrogens with two attached hydrogens (primary N) is 1. The fraction of sp³-hybridized carbons (Fsp3) is 0.600. The average Bonchev–Trinajstić information content (AvgIpc) is 3.19.